The molecule has 29 heavy (non-hydrogen) atoms. The quantitative estimate of drug-likeness (QED) is 0.704. The molecule has 3 rings (SSSR count). The predicted molar refractivity (Wildman–Crippen MR) is 111 cm³/mol. The monoisotopic (exact) mass is 395 g/mol. The summed E-state index contributed by atoms with van der Waals surface area (Å²) >= 11 is 0. The zero-order valence-electron chi connectivity index (χ0n) is 16.2. The Kier molecular flexibility index (Phi) is 7.22. The van der Waals surface area contributed by atoms with Crippen molar-refractivity contribution in [3.8, 4) is 0 Å². The molecule has 1 fully saturated rings. The third-order valence-corrected chi connectivity index (χ3v) is 4.67. The summed E-state index contributed by atoms with van der Waals surface area (Å²) in [5.41, 5.74) is 2.23. The number of ether oxygens (including phenoxy) is 1. The van der Waals surface area contributed by atoms with E-state index in [1.54, 1.807) is 30.3 Å². The van der Waals surface area contributed by atoms with Crippen LogP contribution < -0.4 is 15.5 Å². The molecule has 1 aliphatic heterocycles. The van der Waals surface area contributed by atoms with E-state index in [9.17, 15) is 14.4 Å². The van der Waals surface area contributed by atoms with Crippen LogP contribution >= 0.6 is 0 Å². The topological polar surface area (TPSA) is 87.7 Å². The van der Waals surface area contributed by atoms with Gasteiger partial charge in [-0.3, -0.25) is 14.4 Å². The molecule has 152 valence electrons. The maximum Gasteiger partial charge on any atom is 0.325 e. The van der Waals surface area contributed by atoms with Gasteiger partial charge < -0.3 is 20.3 Å². The molecule has 7 nitrogen and oxygen atoms in total. The molecular weight excluding hydrogens is 370 g/mol. The highest BCUT2D eigenvalue weighted by atomic mass is 16.5. The van der Waals surface area contributed by atoms with Crippen molar-refractivity contribution in [2.45, 2.75) is 19.3 Å². The fourth-order valence-electron chi connectivity index (χ4n) is 3.15. The van der Waals surface area contributed by atoms with Gasteiger partial charge in [-0.25, -0.2) is 0 Å². The van der Waals surface area contributed by atoms with Gasteiger partial charge in [0.1, 0.15) is 6.54 Å². The van der Waals surface area contributed by atoms with Crippen LogP contribution in [0.4, 0.5) is 11.4 Å². The summed E-state index contributed by atoms with van der Waals surface area (Å²) in [6.07, 6.45) is 3.69. The van der Waals surface area contributed by atoms with Crippen LogP contribution in [0.1, 0.15) is 29.6 Å². The first-order chi connectivity index (χ1) is 14.1. The molecule has 7 heteroatoms. The fourth-order valence-corrected chi connectivity index (χ4v) is 3.15. The van der Waals surface area contributed by atoms with Gasteiger partial charge >= 0.3 is 5.97 Å². The SMILES string of the molecule is O=C(COC(=O)CNC(=O)c1ccccc1)Nc1ccc(N2CCCCC2)cc1. The lowest BCUT2D eigenvalue weighted by Gasteiger charge is -2.28. The van der Waals surface area contributed by atoms with E-state index in [1.807, 2.05) is 24.3 Å². The second kappa shape index (κ2) is 10.3. The highest BCUT2D eigenvalue weighted by Gasteiger charge is 2.12. The number of rotatable bonds is 7. The Balaban J connectivity index is 1.38. The molecule has 0 bridgehead atoms. The summed E-state index contributed by atoms with van der Waals surface area (Å²) in [5.74, 6) is -1.48. The van der Waals surface area contributed by atoms with E-state index in [0.29, 0.717) is 11.3 Å². The van der Waals surface area contributed by atoms with Gasteiger partial charge in [-0.05, 0) is 55.7 Å². The Morgan fingerprint density at radius 3 is 2.28 bits per heavy atom. The third kappa shape index (κ3) is 6.34. The van der Waals surface area contributed by atoms with Crippen molar-refractivity contribution in [2.24, 2.45) is 0 Å². The van der Waals surface area contributed by atoms with Gasteiger partial charge in [-0.15, -0.1) is 0 Å². The normalized spacial score (nSPS) is 13.4. The second-order valence-corrected chi connectivity index (χ2v) is 6.85. The van der Waals surface area contributed by atoms with Crippen molar-refractivity contribution in [1.82, 2.24) is 5.32 Å². The number of carbonyl (C=O) groups is 3. The van der Waals surface area contributed by atoms with Crippen molar-refractivity contribution in [3.63, 3.8) is 0 Å². The first kappa shape index (κ1) is 20.4. The average molecular weight is 395 g/mol. The Hall–Kier alpha value is -3.35. The first-order valence-electron chi connectivity index (χ1n) is 9.75. The van der Waals surface area contributed by atoms with Crippen LogP contribution in [-0.4, -0.2) is 44.0 Å². The van der Waals surface area contributed by atoms with Gasteiger partial charge in [0.25, 0.3) is 11.8 Å². The Labute approximate surface area is 170 Å². The highest BCUT2D eigenvalue weighted by molar-refractivity contribution is 5.96. The zero-order chi connectivity index (χ0) is 20.5. The minimum Gasteiger partial charge on any atom is -0.454 e. The minimum absolute atomic E-state index is 0.300. The number of benzene rings is 2. The predicted octanol–water partition coefficient (Wildman–Crippen LogP) is 2.59. The molecule has 0 spiro atoms. The molecule has 2 N–H and O–H groups in total. The molecule has 1 saturated heterocycles. The van der Waals surface area contributed by atoms with Gasteiger partial charge in [0.05, 0.1) is 0 Å². The van der Waals surface area contributed by atoms with Crippen molar-refractivity contribution < 1.29 is 19.1 Å². The van der Waals surface area contributed by atoms with Gasteiger partial charge in [-0.1, -0.05) is 18.2 Å². The van der Waals surface area contributed by atoms with Gasteiger partial charge in [0, 0.05) is 30.0 Å². The number of hydrogen-bond acceptors (Lipinski definition) is 5. The van der Waals surface area contributed by atoms with Crippen LogP contribution in [0.2, 0.25) is 0 Å². The average Bonchev–Trinajstić information content (AvgIpc) is 2.78. The van der Waals surface area contributed by atoms with Crippen molar-refractivity contribution >= 4 is 29.2 Å². The van der Waals surface area contributed by atoms with Crippen molar-refractivity contribution in [1.29, 1.82) is 0 Å². The number of carbonyl (C=O) groups excluding carboxylic acids is 3. The molecule has 0 radical (unpaired) electrons. The van der Waals surface area contributed by atoms with Crippen LogP contribution in [0, 0.1) is 0 Å². The van der Waals surface area contributed by atoms with Crippen LogP contribution in [0.3, 0.4) is 0 Å². The van der Waals surface area contributed by atoms with E-state index in [-0.39, 0.29) is 12.5 Å². The highest BCUT2D eigenvalue weighted by Crippen LogP contribution is 2.21. The third-order valence-electron chi connectivity index (χ3n) is 4.67. The Bertz CT molecular complexity index is 831. The summed E-state index contributed by atoms with van der Waals surface area (Å²) in [4.78, 5) is 37.9. The van der Waals surface area contributed by atoms with Crippen LogP contribution in [0.5, 0.6) is 0 Å². The molecule has 2 aromatic rings. The lowest BCUT2D eigenvalue weighted by atomic mass is 10.1. The van der Waals surface area contributed by atoms with E-state index in [0.717, 1.165) is 18.8 Å². The number of amides is 2. The molecule has 1 aliphatic rings. The molecule has 2 aromatic carbocycles. The lowest BCUT2D eigenvalue weighted by Crippen LogP contribution is -2.32. The number of esters is 1. The Morgan fingerprint density at radius 2 is 1.59 bits per heavy atom. The molecule has 2 amide bonds. The van der Waals surface area contributed by atoms with Crippen LogP contribution in [0.25, 0.3) is 0 Å². The zero-order valence-corrected chi connectivity index (χ0v) is 16.2. The fraction of sp³-hybridized carbons (Fsp3) is 0.318. The molecule has 0 aliphatic carbocycles. The van der Waals surface area contributed by atoms with E-state index < -0.39 is 18.5 Å². The van der Waals surface area contributed by atoms with Crippen molar-refractivity contribution in [2.75, 3.05) is 36.5 Å². The molecule has 0 aromatic heterocycles. The number of nitrogens with zero attached hydrogens (tertiary/aromatic N) is 1. The molecular formula is C22H25N3O4. The van der Waals surface area contributed by atoms with E-state index in [2.05, 4.69) is 15.5 Å². The molecule has 0 unspecified atom stereocenters. The maximum atomic E-state index is 12.0. The summed E-state index contributed by atoms with van der Waals surface area (Å²) in [7, 11) is 0. The van der Waals surface area contributed by atoms with Gasteiger partial charge in [-0.2, -0.15) is 0 Å². The summed E-state index contributed by atoms with van der Waals surface area (Å²) in [6, 6.07) is 16.2. The number of hydrogen-bond donors (Lipinski definition) is 2. The van der Waals surface area contributed by atoms with Gasteiger partial charge in [0.2, 0.25) is 0 Å². The number of anilines is 2. The van der Waals surface area contributed by atoms with Crippen molar-refractivity contribution in [3.05, 3.63) is 60.2 Å². The van der Waals surface area contributed by atoms with Gasteiger partial charge in [0.15, 0.2) is 6.61 Å². The second-order valence-electron chi connectivity index (χ2n) is 6.85. The van der Waals surface area contributed by atoms with E-state index in [1.165, 1.54) is 19.3 Å². The lowest BCUT2D eigenvalue weighted by molar-refractivity contribution is -0.146. The number of piperidine rings is 1. The minimum atomic E-state index is -0.676. The standard InChI is InChI=1S/C22H25N3O4/c26-20(16-29-21(27)15-23-22(28)17-7-3-1-4-8-17)24-18-9-11-19(12-10-18)25-13-5-2-6-14-25/h1,3-4,7-12H,2,5-6,13-16H2,(H,23,28)(H,24,26). The van der Waals surface area contributed by atoms with Crippen LogP contribution in [0.15, 0.2) is 54.6 Å². The van der Waals surface area contributed by atoms with Crippen LogP contribution in [-0.2, 0) is 14.3 Å². The maximum absolute atomic E-state index is 12.0. The van der Waals surface area contributed by atoms with E-state index in [4.69, 9.17) is 4.74 Å². The summed E-state index contributed by atoms with van der Waals surface area (Å²) in [6.45, 7) is 1.41. The summed E-state index contributed by atoms with van der Waals surface area (Å²) < 4.78 is 4.91. The molecule has 1 heterocycles. The molecule has 0 saturated carbocycles. The number of nitrogens with one attached hydrogen (secondary N) is 2. The Morgan fingerprint density at radius 1 is 0.897 bits per heavy atom. The summed E-state index contributed by atoms with van der Waals surface area (Å²) in [5, 5.41) is 5.16. The van der Waals surface area contributed by atoms with E-state index >= 15 is 0 Å². The smallest absolute Gasteiger partial charge is 0.325 e. The molecule has 0 atom stereocenters. The first-order valence-corrected chi connectivity index (χ1v) is 9.75. The largest absolute Gasteiger partial charge is 0.454 e.